The first kappa shape index (κ1) is 16.4. The van der Waals surface area contributed by atoms with Crippen LogP contribution in [0.2, 0.25) is 0 Å². The number of rotatable bonds is 4. The van der Waals surface area contributed by atoms with E-state index in [9.17, 15) is 4.39 Å². The number of nitrogens with one attached hydrogen (secondary N) is 1. The van der Waals surface area contributed by atoms with Gasteiger partial charge in [0.25, 0.3) is 0 Å². The van der Waals surface area contributed by atoms with E-state index in [1.165, 1.54) is 6.07 Å². The Morgan fingerprint density at radius 1 is 1.38 bits per heavy atom. The predicted molar refractivity (Wildman–Crippen MR) is 86.8 cm³/mol. The minimum Gasteiger partial charge on any atom is -0.309 e. The minimum atomic E-state index is -0.145. The second kappa shape index (κ2) is 6.45. The van der Waals surface area contributed by atoms with Crippen LogP contribution in [-0.4, -0.2) is 29.6 Å². The standard InChI is InChI=1S/C18H29FN2/c1-6-18(5)12-21(17(11-20-18)13(2)3)14(4)15-8-7-9-16(19)10-15/h7-10,13-14,17,20H,6,11-12H2,1-5H3. The van der Waals surface area contributed by atoms with Gasteiger partial charge in [0.2, 0.25) is 0 Å². The average Bonchev–Trinajstić information content (AvgIpc) is 2.46. The van der Waals surface area contributed by atoms with Crippen LogP contribution in [0.5, 0.6) is 0 Å². The van der Waals surface area contributed by atoms with Gasteiger partial charge in [-0.2, -0.15) is 0 Å². The number of piperazine rings is 1. The lowest BCUT2D eigenvalue weighted by atomic mass is 9.88. The van der Waals surface area contributed by atoms with Gasteiger partial charge in [0.15, 0.2) is 0 Å². The molecule has 0 aromatic heterocycles. The van der Waals surface area contributed by atoms with Gasteiger partial charge in [-0.15, -0.1) is 0 Å². The van der Waals surface area contributed by atoms with Crippen LogP contribution >= 0.6 is 0 Å². The second-order valence-electron chi connectivity index (χ2n) is 7.01. The molecule has 3 heteroatoms. The molecule has 0 spiro atoms. The van der Waals surface area contributed by atoms with Crippen molar-refractivity contribution in [1.82, 2.24) is 10.2 Å². The molecule has 3 atom stereocenters. The molecule has 0 radical (unpaired) electrons. The predicted octanol–water partition coefficient (Wildman–Crippen LogP) is 3.99. The Labute approximate surface area is 128 Å². The monoisotopic (exact) mass is 292 g/mol. The number of nitrogens with zero attached hydrogens (tertiary/aromatic N) is 1. The molecule has 1 N–H and O–H groups in total. The molecule has 1 heterocycles. The molecule has 118 valence electrons. The molecular formula is C18H29FN2. The third-order valence-electron chi connectivity index (χ3n) is 5.07. The van der Waals surface area contributed by atoms with Crippen molar-refractivity contribution in [3.05, 3.63) is 35.6 Å². The molecule has 1 aromatic rings. The summed E-state index contributed by atoms with van der Waals surface area (Å²) < 4.78 is 13.5. The molecule has 1 aromatic carbocycles. The Kier molecular flexibility index (Phi) is 5.05. The van der Waals surface area contributed by atoms with Gasteiger partial charge in [0.05, 0.1) is 0 Å². The Hall–Kier alpha value is -0.930. The molecule has 2 rings (SSSR count). The molecule has 0 amide bonds. The van der Waals surface area contributed by atoms with Gasteiger partial charge in [-0.05, 0) is 43.9 Å². The smallest absolute Gasteiger partial charge is 0.123 e. The second-order valence-corrected chi connectivity index (χ2v) is 7.01. The van der Waals surface area contributed by atoms with Crippen molar-refractivity contribution in [2.24, 2.45) is 5.92 Å². The fraction of sp³-hybridized carbons (Fsp3) is 0.667. The van der Waals surface area contributed by atoms with Crippen molar-refractivity contribution in [2.45, 2.75) is 58.7 Å². The molecular weight excluding hydrogens is 263 g/mol. The van der Waals surface area contributed by atoms with Gasteiger partial charge in [-0.3, -0.25) is 4.90 Å². The van der Waals surface area contributed by atoms with Crippen LogP contribution in [0.3, 0.4) is 0 Å². The lowest BCUT2D eigenvalue weighted by molar-refractivity contribution is 0.0295. The first-order chi connectivity index (χ1) is 9.86. The fourth-order valence-corrected chi connectivity index (χ4v) is 3.28. The van der Waals surface area contributed by atoms with E-state index in [0.29, 0.717) is 12.0 Å². The molecule has 3 unspecified atom stereocenters. The van der Waals surface area contributed by atoms with E-state index >= 15 is 0 Å². The molecule has 2 nitrogen and oxygen atoms in total. The van der Waals surface area contributed by atoms with Crippen molar-refractivity contribution < 1.29 is 4.39 Å². The average molecular weight is 292 g/mol. The summed E-state index contributed by atoms with van der Waals surface area (Å²) in [4.78, 5) is 2.56. The highest BCUT2D eigenvalue weighted by Crippen LogP contribution is 2.31. The fourth-order valence-electron chi connectivity index (χ4n) is 3.28. The summed E-state index contributed by atoms with van der Waals surface area (Å²) in [5, 5.41) is 3.71. The summed E-state index contributed by atoms with van der Waals surface area (Å²) in [5.41, 5.74) is 1.22. The third-order valence-corrected chi connectivity index (χ3v) is 5.07. The normalized spacial score (nSPS) is 28.8. The zero-order valence-electron chi connectivity index (χ0n) is 14.0. The third kappa shape index (κ3) is 3.64. The van der Waals surface area contributed by atoms with Crippen LogP contribution in [0.15, 0.2) is 24.3 Å². The zero-order chi connectivity index (χ0) is 15.6. The SMILES string of the molecule is CCC1(C)CN(C(C)c2cccc(F)c2)C(C(C)C)CN1. The van der Waals surface area contributed by atoms with Crippen molar-refractivity contribution in [3.63, 3.8) is 0 Å². The van der Waals surface area contributed by atoms with Crippen LogP contribution in [0, 0.1) is 11.7 Å². The first-order valence-corrected chi connectivity index (χ1v) is 8.12. The molecule has 21 heavy (non-hydrogen) atoms. The number of benzene rings is 1. The Bertz CT molecular complexity index is 474. The molecule has 0 aliphatic carbocycles. The molecule has 0 bridgehead atoms. The largest absolute Gasteiger partial charge is 0.309 e. The highest BCUT2D eigenvalue weighted by Gasteiger charge is 2.38. The Morgan fingerprint density at radius 2 is 2.10 bits per heavy atom. The van der Waals surface area contributed by atoms with E-state index in [-0.39, 0.29) is 17.4 Å². The Balaban J connectivity index is 2.26. The van der Waals surface area contributed by atoms with Gasteiger partial charge in [-0.25, -0.2) is 4.39 Å². The van der Waals surface area contributed by atoms with Crippen LogP contribution in [0.1, 0.15) is 52.6 Å². The van der Waals surface area contributed by atoms with Gasteiger partial charge < -0.3 is 5.32 Å². The van der Waals surface area contributed by atoms with Crippen LogP contribution in [-0.2, 0) is 0 Å². The number of hydrogen-bond donors (Lipinski definition) is 1. The quantitative estimate of drug-likeness (QED) is 0.903. The number of hydrogen-bond acceptors (Lipinski definition) is 2. The van der Waals surface area contributed by atoms with E-state index in [1.54, 1.807) is 6.07 Å². The van der Waals surface area contributed by atoms with Crippen molar-refractivity contribution in [1.29, 1.82) is 0 Å². The number of halogens is 1. The van der Waals surface area contributed by atoms with Gasteiger partial charge in [0.1, 0.15) is 5.82 Å². The first-order valence-electron chi connectivity index (χ1n) is 8.12. The van der Waals surface area contributed by atoms with Gasteiger partial charge in [0, 0.05) is 30.7 Å². The van der Waals surface area contributed by atoms with Crippen LogP contribution in [0.25, 0.3) is 0 Å². The Morgan fingerprint density at radius 3 is 2.67 bits per heavy atom. The van der Waals surface area contributed by atoms with E-state index in [0.717, 1.165) is 25.1 Å². The summed E-state index contributed by atoms with van der Waals surface area (Å²) in [6.45, 7) is 13.3. The molecule has 1 fully saturated rings. The van der Waals surface area contributed by atoms with E-state index in [4.69, 9.17) is 0 Å². The van der Waals surface area contributed by atoms with E-state index in [1.807, 2.05) is 12.1 Å². The summed E-state index contributed by atoms with van der Waals surface area (Å²) in [6.07, 6.45) is 1.10. The van der Waals surface area contributed by atoms with Crippen LogP contribution < -0.4 is 5.32 Å². The van der Waals surface area contributed by atoms with Crippen molar-refractivity contribution in [3.8, 4) is 0 Å². The van der Waals surface area contributed by atoms with E-state index in [2.05, 4.69) is 44.8 Å². The highest BCUT2D eigenvalue weighted by molar-refractivity contribution is 5.20. The maximum atomic E-state index is 13.5. The van der Waals surface area contributed by atoms with Gasteiger partial charge in [-0.1, -0.05) is 32.9 Å². The highest BCUT2D eigenvalue weighted by atomic mass is 19.1. The summed E-state index contributed by atoms with van der Waals surface area (Å²) >= 11 is 0. The molecule has 1 saturated heterocycles. The lowest BCUT2D eigenvalue weighted by Crippen LogP contribution is -2.64. The molecule has 1 aliphatic rings. The zero-order valence-corrected chi connectivity index (χ0v) is 14.0. The molecule has 1 aliphatic heterocycles. The van der Waals surface area contributed by atoms with E-state index < -0.39 is 0 Å². The summed E-state index contributed by atoms with van der Waals surface area (Å²) in [5.74, 6) is 0.434. The molecule has 0 saturated carbocycles. The maximum absolute atomic E-state index is 13.5. The lowest BCUT2D eigenvalue weighted by Gasteiger charge is -2.50. The minimum absolute atomic E-state index is 0.145. The van der Waals surface area contributed by atoms with Crippen LogP contribution in [0.4, 0.5) is 4.39 Å². The van der Waals surface area contributed by atoms with Gasteiger partial charge >= 0.3 is 0 Å². The summed E-state index contributed by atoms with van der Waals surface area (Å²) in [6, 6.07) is 7.77. The van der Waals surface area contributed by atoms with Crippen molar-refractivity contribution >= 4 is 0 Å². The topological polar surface area (TPSA) is 15.3 Å². The van der Waals surface area contributed by atoms with Crippen molar-refractivity contribution in [2.75, 3.05) is 13.1 Å². The maximum Gasteiger partial charge on any atom is 0.123 e. The summed E-state index contributed by atoms with van der Waals surface area (Å²) in [7, 11) is 0.